The molecule has 1 aromatic rings. The van der Waals surface area contributed by atoms with Crippen LogP contribution in [0, 0.1) is 0 Å². The Labute approximate surface area is 84.2 Å². The smallest absolute Gasteiger partial charge is 0.153 e. The Kier molecular flexibility index (Phi) is 3.92. The van der Waals surface area contributed by atoms with Gasteiger partial charge in [-0.05, 0) is 24.1 Å². The van der Waals surface area contributed by atoms with Crippen LogP contribution < -0.4 is 4.74 Å². The van der Waals surface area contributed by atoms with E-state index < -0.39 is 0 Å². The van der Waals surface area contributed by atoms with Gasteiger partial charge in [0.15, 0.2) is 6.29 Å². The highest BCUT2D eigenvalue weighted by molar-refractivity contribution is 5.79. The molecule has 0 bridgehead atoms. The Morgan fingerprint density at radius 2 is 2.29 bits per heavy atom. The number of hydrogen-bond acceptors (Lipinski definition) is 2. The molecule has 1 aromatic carbocycles. The van der Waals surface area contributed by atoms with E-state index in [-0.39, 0.29) is 0 Å². The van der Waals surface area contributed by atoms with Gasteiger partial charge in [-0.3, -0.25) is 4.79 Å². The Morgan fingerprint density at radius 1 is 1.50 bits per heavy atom. The molecule has 74 valence electrons. The molecular formula is C12H14O2. The van der Waals surface area contributed by atoms with Gasteiger partial charge in [0.1, 0.15) is 12.4 Å². The monoisotopic (exact) mass is 190 g/mol. The van der Waals surface area contributed by atoms with E-state index >= 15 is 0 Å². The lowest BCUT2D eigenvalue weighted by Gasteiger charge is -2.07. The zero-order valence-electron chi connectivity index (χ0n) is 8.32. The third-order valence-corrected chi connectivity index (χ3v) is 1.97. The van der Waals surface area contributed by atoms with Gasteiger partial charge in [-0.1, -0.05) is 25.6 Å². The fraction of sp³-hybridized carbons (Fsp3) is 0.250. The number of carbonyl (C=O) groups excluding carboxylic acids is 1. The number of carbonyl (C=O) groups is 1. The van der Waals surface area contributed by atoms with Crippen LogP contribution in [0.15, 0.2) is 30.9 Å². The highest BCUT2D eigenvalue weighted by Crippen LogP contribution is 2.18. The van der Waals surface area contributed by atoms with Gasteiger partial charge in [-0.2, -0.15) is 0 Å². The van der Waals surface area contributed by atoms with E-state index in [1.807, 2.05) is 25.1 Å². The lowest BCUT2D eigenvalue weighted by molar-refractivity contribution is 0.112. The summed E-state index contributed by atoms with van der Waals surface area (Å²) < 4.78 is 5.33. The molecule has 0 amide bonds. The summed E-state index contributed by atoms with van der Waals surface area (Å²) in [6.45, 7) is 6.02. The molecule has 1 rings (SSSR count). The maximum Gasteiger partial charge on any atom is 0.153 e. The molecule has 0 saturated heterocycles. The first-order chi connectivity index (χ1) is 6.81. The highest BCUT2D eigenvalue weighted by atomic mass is 16.5. The molecule has 0 spiro atoms. The summed E-state index contributed by atoms with van der Waals surface area (Å²) in [6.07, 6.45) is 3.39. The van der Waals surface area contributed by atoms with E-state index in [4.69, 9.17) is 4.74 Å². The Hall–Kier alpha value is -1.57. The van der Waals surface area contributed by atoms with Crippen molar-refractivity contribution in [3.63, 3.8) is 0 Å². The average molecular weight is 190 g/mol. The quantitative estimate of drug-likeness (QED) is 0.527. The van der Waals surface area contributed by atoms with Gasteiger partial charge in [0.25, 0.3) is 0 Å². The molecule has 0 heterocycles. The minimum Gasteiger partial charge on any atom is -0.489 e. The van der Waals surface area contributed by atoms with E-state index in [9.17, 15) is 4.79 Å². The van der Waals surface area contributed by atoms with Crippen LogP contribution in [0.5, 0.6) is 5.75 Å². The van der Waals surface area contributed by atoms with Crippen molar-refractivity contribution < 1.29 is 9.53 Å². The number of ether oxygens (including phenoxy) is 1. The summed E-state index contributed by atoms with van der Waals surface area (Å²) in [7, 11) is 0. The van der Waals surface area contributed by atoms with Gasteiger partial charge in [-0.15, -0.1) is 0 Å². The molecule has 0 aliphatic heterocycles. The normalized spacial score (nSPS) is 9.50. The van der Waals surface area contributed by atoms with Crippen LogP contribution >= 0.6 is 0 Å². The third-order valence-electron chi connectivity index (χ3n) is 1.97. The number of aldehydes is 1. The molecule has 0 atom stereocenters. The van der Waals surface area contributed by atoms with Crippen LogP contribution in [0.1, 0.15) is 22.8 Å². The van der Waals surface area contributed by atoms with Gasteiger partial charge < -0.3 is 4.74 Å². The second kappa shape index (κ2) is 5.22. The largest absolute Gasteiger partial charge is 0.489 e. The van der Waals surface area contributed by atoms with Crippen molar-refractivity contribution in [2.45, 2.75) is 13.3 Å². The second-order valence-corrected chi connectivity index (χ2v) is 2.94. The van der Waals surface area contributed by atoms with E-state index in [1.165, 1.54) is 0 Å². The van der Waals surface area contributed by atoms with Crippen molar-refractivity contribution in [2.24, 2.45) is 0 Å². The molecule has 2 heteroatoms. The lowest BCUT2D eigenvalue weighted by atomic mass is 10.1. The summed E-state index contributed by atoms with van der Waals surface area (Å²) in [5, 5.41) is 0. The van der Waals surface area contributed by atoms with Crippen LogP contribution in [0.2, 0.25) is 0 Å². The van der Waals surface area contributed by atoms with Gasteiger partial charge in [-0.25, -0.2) is 0 Å². The Balaban J connectivity index is 2.92. The first kappa shape index (κ1) is 10.5. The fourth-order valence-corrected chi connectivity index (χ4v) is 1.19. The zero-order valence-corrected chi connectivity index (χ0v) is 8.32. The Morgan fingerprint density at radius 3 is 2.86 bits per heavy atom. The molecule has 14 heavy (non-hydrogen) atoms. The predicted octanol–water partition coefficient (Wildman–Crippen LogP) is 2.63. The van der Waals surface area contributed by atoms with Gasteiger partial charge in [0.2, 0.25) is 0 Å². The predicted molar refractivity (Wildman–Crippen MR) is 56.9 cm³/mol. The summed E-state index contributed by atoms with van der Waals surface area (Å²) in [6, 6.07) is 5.64. The van der Waals surface area contributed by atoms with Crippen LogP contribution in [-0.2, 0) is 6.42 Å². The summed E-state index contributed by atoms with van der Waals surface area (Å²) >= 11 is 0. The lowest BCUT2D eigenvalue weighted by Crippen LogP contribution is -1.97. The van der Waals surface area contributed by atoms with Crippen molar-refractivity contribution in [3.05, 3.63) is 42.0 Å². The van der Waals surface area contributed by atoms with E-state index in [2.05, 4.69) is 6.58 Å². The topological polar surface area (TPSA) is 26.3 Å². The minimum atomic E-state index is 0.423. The van der Waals surface area contributed by atoms with Crippen LogP contribution in [0.3, 0.4) is 0 Å². The molecule has 0 unspecified atom stereocenters. The van der Waals surface area contributed by atoms with Gasteiger partial charge >= 0.3 is 0 Å². The first-order valence-electron chi connectivity index (χ1n) is 4.63. The number of benzene rings is 1. The fourth-order valence-electron chi connectivity index (χ4n) is 1.19. The molecule has 0 radical (unpaired) electrons. The van der Waals surface area contributed by atoms with Crippen molar-refractivity contribution in [1.29, 1.82) is 0 Å². The summed E-state index contributed by atoms with van der Waals surface area (Å²) in [5.74, 6) is 0.622. The molecule has 2 nitrogen and oxygen atoms in total. The minimum absolute atomic E-state index is 0.423. The number of rotatable bonds is 5. The standard InChI is InChI=1S/C12H14O2/c1-3-7-14-12-6-5-10(4-2)8-11(12)9-13/h3,5-6,8-9H,1,4,7H2,2H3. The van der Waals surface area contributed by atoms with Gasteiger partial charge in [0, 0.05) is 0 Å². The zero-order chi connectivity index (χ0) is 10.4. The average Bonchev–Trinajstić information content (AvgIpc) is 2.26. The summed E-state index contributed by atoms with van der Waals surface area (Å²) in [5.41, 5.74) is 1.74. The molecular weight excluding hydrogens is 176 g/mol. The van der Waals surface area contributed by atoms with Crippen molar-refractivity contribution in [1.82, 2.24) is 0 Å². The number of hydrogen-bond donors (Lipinski definition) is 0. The highest BCUT2D eigenvalue weighted by Gasteiger charge is 2.02. The van der Waals surface area contributed by atoms with Crippen LogP contribution in [0.25, 0.3) is 0 Å². The molecule has 0 N–H and O–H groups in total. The molecule has 0 aromatic heterocycles. The molecule has 0 fully saturated rings. The molecule has 0 saturated carbocycles. The third kappa shape index (κ3) is 2.46. The van der Waals surface area contributed by atoms with E-state index in [1.54, 1.807) is 6.08 Å². The van der Waals surface area contributed by atoms with E-state index in [0.717, 1.165) is 18.3 Å². The van der Waals surface area contributed by atoms with Crippen LogP contribution in [0.4, 0.5) is 0 Å². The van der Waals surface area contributed by atoms with E-state index in [0.29, 0.717) is 17.9 Å². The molecule has 0 aliphatic carbocycles. The SMILES string of the molecule is C=CCOc1ccc(CC)cc1C=O. The van der Waals surface area contributed by atoms with Crippen molar-refractivity contribution >= 4 is 6.29 Å². The number of aryl methyl sites for hydroxylation is 1. The van der Waals surface area contributed by atoms with Crippen molar-refractivity contribution in [3.8, 4) is 5.75 Å². The van der Waals surface area contributed by atoms with Gasteiger partial charge in [0.05, 0.1) is 5.56 Å². The maximum absolute atomic E-state index is 10.8. The second-order valence-electron chi connectivity index (χ2n) is 2.94. The maximum atomic E-state index is 10.8. The van der Waals surface area contributed by atoms with Crippen molar-refractivity contribution in [2.75, 3.05) is 6.61 Å². The van der Waals surface area contributed by atoms with Crippen LogP contribution in [-0.4, -0.2) is 12.9 Å². The molecule has 0 aliphatic rings. The first-order valence-corrected chi connectivity index (χ1v) is 4.63. The summed E-state index contributed by atoms with van der Waals surface area (Å²) in [4.78, 5) is 10.8. The Bertz CT molecular complexity index is 329.